The van der Waals surface area contributed by atoms with Crippen molar-refractivity contribution in [3.05, 3.63) is 60.7 Å². The fourth-order valence-electron chi connectivity index (χ4n) is 2.51. The Morgan fingerprint density at radius 2 is 1.50 bits per heavy atom. The number of rotatable bonds is 3. The molecule has 1 aromatic heterocycles. The van der Waals surface area contributed by atoms with E-state index < -0.39 is 0 Å². The summed E-state index contributed by atoms with van der Waals surface area (Å²) in [5.41, 5.74) is 3.84. The van der Waals surface area contributed by atoms with Gasteiger partial charge in [-0.05, 0) is 5.56 Å². The van der Waals surface area contributed by atoms with Crippen molar-refractivity contribution in [2.24, 2.45) is 7.05 Å². The second-order valence-corrected chi connectivity index (χ2v) is 5.11. The molecule has 0 aliphatic carbocycles. The number of amides is 1. The van der Waals surface area contributed by atoms with Crippen molar-refractivity contribution in [3.63, 3.8) is 0 Å². The first-order valence-corrected chi connectivity index (χ1v) is 7.12. The number of nitrogens with zero attached hydrogens (tertiary/aromatic N) is 2. The fraction of sp³-hybridized carbons (Fsp3) is 0.111. The van der Waals surface area contributed by atoms with Crippen LogP contribution in [0.2, 0.25) is 0 Å². The molecule has 0 radical (unpaired) electrons. The highest BCUT2D eigenvalue weighted by molar-refractivity contribution is 5.97. The number of anilines is 1. The second-order valence-electron chi connectivity index (χ2n) is 5.11. The van der Waals surface area contributed by atoms with Crippen LogP contribution in [0.5, 0.6) is 0 Å². The van der Waals surface area contributed by atoms with Crippen molar-refractivity contribution >= 4 is 11.7 Å². The Balaban J connectivity index is 2.25. The Bertz CT molecular complexity index is 792. The summed E-state index contributed by atoms with van der Waals surface area (Å²) in [5, 5.41) is 7.50. The molecule has 0 atom stereocenters. The minimum absolute atomic E-state index is 0.111. The van der Waals surface area contributed by atoms with Crippen LogP contribution >= 0.6 is 0 Å². The number of carbonyl (C=O) groups is 1. The van der Waals surface area contributed by atoms with Crippen LogP contribution in [-0.2, 0) is 11.8 Å². The first-order chi connectivity index (χ1) is 10.7. The van der Waals surface area contributed by atoms with Gasteiger partial charge < -0.3 is 5.32 Å². The first-order valence-electron chi connectivity index (χ1n) is 7.12. The van der Waals surface area contributed by atoms with Gasteiger partial charge in [-0.3, -0.25) is 9.48 Å². The Morgan fingerprint density at radius 3 is 2.05 bits per heavy atom. The number of aromatic nitrogens is 2. The van der Waals surface area contributed by atoms with Gasteiger partial charge in [0.05, 0.1) is 5.56 Å². The zero-order chi connectivity index (χ0) is 15.5. The molecule has 0 bridgehead atoms. The third-order valence-corrected chi connectivity index (χ3v) is 3.45. The van der Waals surface area contributed by atoms with Crippen LogP contribution in [0.15, 0.2) is 60.7 Å². The van der Waals surface area contributed by atoms with Gasteiger partial charge in [-0.15, -0.1) is 0 Å². The van der Waals surface area contributed by atoms with Gasteiger partial charge in [-0.25, -0.2) is 0 Å². The van der Waals surface area contributed by atoms with Gasteiger partial charge in [0.25, 0.3) is 0 Å². The van der Waals surface area contributed by atoms with Crippen molar-refractivity contribution in [2.75, 3.05) is 5.32 Å². The van der Waals surface area contributed by atoms with Crippen molar-refractivity contribution < 1.29 is 4.79 Å². The molecule has 110 valence electrons. The molecule has 3 rings (SSSR count). The minimum Gasteiger partial charge on any atom is -0.311 e. The molecule has 0 saturated carbocycles. The molecule has 0 saturated heterocycles. The highest BCUT2D eigenvalue weighted by Gasteiger charge is 2.19. The number of carbonyl (C=O) groups excluding carboxylic acids is 1. The van der Waals surface area contributed by atoms with E-state index in [0.717, 1.165) is 22.4 Å². The maximum Gasteiger partial charge on any atom is 0.222 e. The van der Waals surface area contributed by atoms with Crippen LogP contribution in [0.25, 0.3) is 22.4 Å². The van der Waals surface area contributed by atoms with E-state index in [2.05, 4.69) is 10.4 Å². The zero-order valence-electron chi connectivity index (χ0n) is 12.6. The molecular formula is C18H17N3O. The highest BCUT2D eigenvalue weighted by atomic mass is 16.1. The van der Waals surface area contributed by atoms with Crippen molar-refractivity contribution in [1.82, 2.24) is 9.78 Å². The van der Waals surface area contributed by atoms with Gasteiger partial charge in [0.1, 0.15) is 11.5 Å². The summed E-state index contributed by atoms with van der Waals surface area (Å²) in [6.45, 7) is 1.50. The summed E-state index contributed by atoms with van der Waals surface area (Å²) in [6.07, 6.45) is 0. The summed E-state index contributed by atoms with van der Waals surface area (Å²) in [5.74, 6) is 0.595. The SMILES string of the molecule is CC(=O)Nc1c(-c2ccccc2)c(-c2ccccc2)nn1C. The summed E-state index contributed by atoms with van der Waals surface area (Å²) in [6, 6.07) is 20.0. The Hall–Kier alpha value is -2.88. The lowest BCUT2D eigenvalue weighted by Gasteiger charge is -2.08. The number of benzene rings is 2. The molecule has 1 N–H and O–H groups in total. The third-order valence-electron chi connectivity index (χ3n) is 3.45. The molecule has 1 amide bonds. The Labute approximate surface area is 129 Å². The summed E-state index contributed by atoms with van der Waals surface area (Å²) >= 11 is 0. The molecule has 4 heteroatoms. The van der Waals surface area contributed by atoms with Gasteiger partial charge in [-0.1, -0.05) is 60.7 Å². The molecule has 0 unspecified atom stereocenters. The normalized spacial score (nSPS) is 10.5. The van der Waals surface area contributed by atoms with Gasteiger partial charge >= 0.3 is 0 Å². The average Bonchev–Trinajstić information content (AvgIpc) is 2.85. The maximum absolute atomic E-state index is 11.5. The van der Waals surface area contributed by atoms with Crippen molar-refractivity contribution in [3.8, 4) is 22.4 Å². The van der Waals surface area contributed by atoms with Crippen LogP contribution in [0, 0.1) is 0 Å². The largest absolute Gasteiger partial charge is 0.311 e. The van der Waals surface area contributed by atoms with E-state index >= 15 is 0 Å². The topological polar surface area (TPSA) is 46.9 Å². The lowest BCUT2D eigenvalue weighted by Crippen LogP contribution is -2.10. The first kappa shape index (κ1) is 14.1. The van der Waals surface area contributed by atoms with Crippen LogP contribution < -0.4 is 5.32 Å². The number of hydrogen-bond donors (Lipinski definition) is 1. The smallest absolute Gasteiger partial charge is 0.222 e. The lowest BCUT2D eigenvalue weighted by molar-refractivity contribution is -0.114. The second kappa shape index (κ2) is 5.85. The molecule has 0 fully saturated rings. The maximum atomic E-state index is 11.5. The molecule has 3 aromatic rings. The van der Waals surface area contributed by atoms with E-state index in [1.54, 1.807) is 4.68 Å². The van der Waals surface area contributed by atoms with Crippen LogP contribution in [0.4, 0.5) is 5.82 Å². The summed E-state index contributed by atoms with van der Waals surface area (Å²) in [4.78, 5) is 11.5. The monoisotopic (exact) mass is 291 g/mol. The minimum atomic E-state index is -0.111. The van der Waals surface area contributed by atoms with E-state index in [1.165, 1.54) is 6.92 Å². The lowest BCUT2D eigenvalue weighted by atomic mass is 10.0. The Kier molecular flexibility index (Phi) is 3.74. The summed E-state index contributed by atoms with van der Waals surface area (Å²) < 4.78 is 1.71. The van der Waals surface area contributed by atoms with Gasteiger partial charge in [0, 0.05) is 19.5 Å². The third kappa shape index (κ3) is 2.63. The molecule has 0 aliphatic heterocycles. The molecule has 0 aliphatic rings. The molecule has 22 heavy (non-hydrogen) atoms. The molecule has 2 aromatic carbocycles. The summed E-state index contributed by atoms with van der Waals surface area (Å²) in [7, 11) is 1.84. The quantitative estimate of drug-likeness (QED) is 0.799. The van der Waals surface area contributed by atoms with Crippen LogP contribution in [0.1, 0.15) is 6.92 Å². The van der Waals surface area contributed by atoms with E-state index in [1.807, 2.05) is 67.7 Å². The fourth-order valence-corrected chi connectivity index (χ4v) is 2.51. The van der Waals surface area contributed by atoms with Gasteiger partial charge in [-0.2, -0.15) is 5.10 Å². The standard InChI is InChI=1S/C18H17N3O/c1-13(22)19-18-16(14-9-5-3-6-10-14)17(20-21(18)2)15-11-7-4-8-12-15/h3-12H,1-2H3,(H,19,22). The van der Waals surface area contributed by atoms with Crippen LogP contribution in [-0.4, -0.2) is 15.7 Å². The van der Waals surface area contributed by atoms with Gasteiger partial charge in [0.15, 0.2) is 0 Å². The molecule has 4 nitrogen and oxygen atoms in total. The van der Waals surface area contributed by atoms with Crippen LogP contribution in [0.3, 0.4) is 0 Å². The molecule has 0 spiro atoms. The van der Waals surface area contributed by atoms with E-state index in [0.29, 0.717) is 5.82 Å². The van der Waals surface area contributed by atoms with Crippen molar-refractivity contribution in [1.29, 1.82) is 0 Å². The average molecular weight is 291 g/mol. The van der Waals surface area contributed by atoms with Gasteiger partial charge in [0.2, 0.25) is 5.91 Å². The predicted molar refractivity (Wildman–Crippen MR) is 88.4 cm³/mol. The highest BCUT2D eigenvalue weighted by Crippen LogP contribution is 2.37. The zero-order valence-corrected chi connectivity index (χ0v) is 12.6. The predicted octanol–water partition coefficient (Wildman–Crippen LogP) is 3.71. The van der Waals surface area contributed by atoms with E-state index in [-0.39, 0.29) is 5.91 Å². The number of aryl methyl sites for hydroxylation is 1. The number of hydrogen-bond acceptors (Lipinski definition) is 2. The van der Waals surface area contributed by atoms with Crippen molar-refractivity contribution in [2.45, 2.75) is 6.92 Å². The molecule has 1 heterocycles. The number of nitrogens with one attached hydrogen (secondary N) is 1. The molecular weight excluding hydrogens is 274 g/mol. The Morgan fingerprint density at radius 1 is 0.955 bits per heavy atom. The van der Waals surface area contributed by atoms with E-state index in [9.17, 15) is 4.79 Å². The van der Waals surface area contributed by atoms with E-state index in [4.69, 9.17) is 0 Å².